The van der Waals surface area contributed by atoms with Crippen molar-refractivity contribution in [2.45, 2.75) is 40.2 Å². The third-order valence-electron chi connectivity index (χ3n) is 5.07. The largest absolute Gasteiger partial charge is 0.496 e. The summed E-state index contributed by atoms with van der Waals surface area (Å²) in [5.74, 6) is 1.67. The Morgan fingerprint density at radius 3 is 2.67 bits per heavy atom. The minimum atomic E-state index is 0.0337. The summed E-state index contributed by atoms with van der Waals surface area (Å²) in [6.45, 7) is 6.67. The van der Waals surface area contributed by atoms with Gasteiger partial charge >= 0.3 is 0 Å². The van der Waals surface area contributed by atoms with Gasteiger partial charge in [-0.3, -0.25) is 4.79 Å². The van der Waals surface area contributed by atoms with Gasteiger partial charge < -0.3 is 9.47 Å². The van der Waals surface area contributed by atoms with Crippen LogP contribution in [-0.2, 0) is 13.0 Å². The molecular formula is C26H28O3S. The molecule has 1 aromatic heterocycles. The Hall–Kier alpha value is -2.85. The Kier molecular flexibility index (Phi) is 7.47. The van der Waals surface area contributed by atoms with Crippen molar-refractivity contribution >= 4 is 23.2 Å². The highest BCUT2D eigenvalue weighted by molar-refractivity contribution is 7.14. The molecule has 0 spiro atoms. The second-order valence-electron chi connectivity index (χ2n) is 7.27. The van der Waals surface area contributed by atoms with Gasteiger partial charge in [-0.15, -0.1) is 11.3 Å². The third kappa shape index (κ3) is 5.39. The number of methoxy groups -OCH3 is 1. The molecule has 0 aliphatic rings. The van der Waals surface area contributed by atoms with E-state index in [1.165, 1.54) is 10.4 Å². The maximum absolute atomic E-state index is 12.5. The van der Waals surface area contributed by atoms with Crippen molar-refractivity contribution in [1.29, 1.82) is 0 Å². The fourth-order valence-electron chi connectivity index (χ4n) is 3.20. The molecule has 3 nitrogen and oxygen atoms in total. The summed E-state index contributed by atoms with van der Waals surface area (Å²) in [4.78, 5) is 14.5. The number of hydrogen-bond acceptors (Lipinski definition) is 4. The van der Waals surface area contributed by atoms with Crippen LogP contribution in [0.15, 0.2) is 54.6 Å². The fraction of sp³-hybridized carbons (Fsp3) is 0.269. The van der Waals surface area contributed by atoms with E-state index in [9.17, 15) is 4.79 Å². The zero-order valence-electron chi connectivity index (χ0n) is 18.0. The molecule has 156 valence electrons. The highest BCUT2D eigenvalue weighted by Crippen LogP contribution is 2.26. The van der Waals surface area contributed by atoms with E-state index in [4.69, 9.17) is 9.47 Å². The second kappa shape index (κ2) is 10.3. The standard InChI is InChI=1S/C26H28O3S/c1-5-7-22-12-15-26(30-22)23(27)13-10-20-11-14-25(28-4)21(16-20)17-29-24-9-6-8-18(2)19(24)3/h6,8-16H,5,7,17H2,1-4H3/b13-10+. The zero-order valence-corrected chi connectivity index (χ0v) is 18.8. The van der Waals surface area contributed by atoms with E-state index >= 15 is 0 Å². The van der Waals surface area contributed by atoms with Crippen LogP contribution in [0.3, 0.4) is 0 Å². The van der Waals surface area contributed by atoms with Crippen molar-refractivity contribution in [3.8, 4) is 11.5 Å². The van der Waals surface area contributed by atoms with E-state index in [1.807, 2.05) is 48.5 Å². The van der Waals surface area contributed by atoms with Crippen LogP contribution < -0.4 is 9.47 Å². The quantitative estimate of drug-likeness (QED) is 0.282. The maximum Gasteiger partial charge on any atom is 0.195 e. The predicted molar refractivity (Wildman–Crippen MR) is 125 cm³/mol. The van der Waals surface area contributed by atoms with Crippen LogP contribution >= 0.6 is 11.3 Å². The number of carbonyl (C=O) groups excluding carboxylic acids is 1. The number of allylic oxidation sites excluding steroid dienone is 1. The first-order valence-electron chi connectivity index (χ1n) is 10.2. The van der Waals surface area contributed by atoms with Crippen molar-refractivity contribution in [2.75, 3.05) is 7.11 Å². The average molecular weight is 421 g/mol. The van der Waals surface area contributed by atoms with E-state index in [2.05, 4.69) is 26.8 Å². The van der Waals surface area contributed by atoms with E-state index in [-0.39, 0.29) is 5.78 Å². The lowest BCUT2D eigenvalue weighted by Crippen LogP contribution is -2.01. The number of thiophene rings is 1. The van der Waals surface area contributed by atoms with Gasteiger partial charge in [-0.05, 0) is 73.4 Å². The molecule has 0 bridgehead atoms. The monoisotopic (exact) mass is 420 g/mol. The molecule has 0 saturated carbocycles. The Labute approximate surface area is 183 Å². The molecular weight excluding hydrogens is 392 g/mol. The summed E-state index contributed by atoms with van der Waals surface area (Å²) in [5, 5.41) is 0. The lowest BCUT2D eigenvalue weighted by Gasteiger charge is -2.13. The molecule has 3 rings (SSSR count). The molecule has 0 N–H and O–H groups in total. The first kappa shape index (κ1) is 21.8. The van der Waals surface area contributed by atoms with Gasteiger partial charge in [0.15, 0.2) is 5.78 Å². The van der Waals surface area contributed by atoms with Gasteiger partial charge in [-0.1, -0.05) is 37.6 Å². The van der Waals surface area contributed by atoms with Crippen molar-refractivity contribution in [3.63, 3.8) is 0 Å². The summed E-state index contributed by atoms with van der Waals surface area (Å²) in [5.41, 5.74) is 4.21. The molecule has 3 aromatic rings. The molecule has 0 amide bonds. The van der Waals surface area contributed by atoms with Gasteiger partial charge in [0.2, 0.25) is 0 Å². The van der Waals surface area contributed by atoms with Gasteiger partial charge in [0.25, 0.3) is 0 Å². The van der Waals surface area contributed by atoms with E-state index in [0.717, 1.165) is 45.9 Å². The van der Waals surface area contributed by atoms with Crippen LogP contribution in [-0.4, -0.2) is 12.9 Å². The predicted octanol–water partition coefficient (Wildman–Crippen LogP) is 6.80. The molecule has 0 radical (unpaired) electrons. The van der Waals surface area contributed by atoms with Crippen molar-refractivity contribution in [2.24, 2.45) is 0 Å². The number of aryl methyl sites for hydroxylation is 2. The number of ketones is 1. The van der Waals surface area contributed by atoms with Crippen molar-refractivity contribution in [1.82, 2.24) is 0 Å². The van der Waals surface area contributed by atoms with Gasteiger partial charge in [0.05, 0.1) is 12.0 Å². The first-order chi connectivity index (χ1) is 14.5. The Bertz CT molecular complexity index is 1050. The molecule has 0 aliphatic heterocycles. The molecule has 0 aliphatic carbocycles. The van der Waals surface area contributed by atoms with Crippen LogP contribution in [0.5, 0.6) is 11.5 Å². The average Bonchev–Trinajstić information content (AvgIpc) is 3.22. The van der Waals surface area contributed by atoms with Crippen LogP contribution in [0.1, 0.15) is 50.1 Å². The fourth-order valence-corrected chi connectivity index (χ4v) is 4.23. The molecule has 4 heteroatoms. The minimum absolute atomic E-state index is 0.0337. The Morgan fingerprint density at radius 1 is 1.07 bits per heavy atom. The normalized spacial score (nSPS) is 11.1. The number of benzene rings is 2. The van der Waals surface area contributed by atoms with E-state index < -0.39 is 0 Å². The summed E-state index contributed by atoms with van der Waals surface area (Å²) >= 11 is 1.58. The van der Waals surface area contributed by atoms with Gasteiger partial charge in [-0.25, -0.2) is 0 Å². The number of rotatable bonds is 9. The molecule has 0 saturated heterocycles. The topological polar surface area (TPSA) is 35.5 Å². The highest BCUT2D eigenvalue weighted by Gasteiger charge is 2.09. The minimum Gasteiger partial charge on any atom is -0.496 e. The Morgan fingerprint density at radius 2 is 1.90 bits per heavy atom. The summed E-state index contributed by atoms with van der Waals surface area (Å²) < 4.78 is 11.5. The van der Waals surface area contributed by atoms with Gasteiger partial charge in [0.1, 0.15) is 18.1 Å². The summed E-state index contributed by atoms with van der Waals surface area (Å²) in [7, 11) is 1.65. The molecule has 0 fully saturated rings. The van der Waals surface area contributed by atoms with Crippen molar-refractivity contribution < 1.29 is 14.3 Å². The molecule has 30 heavy (non-hydrogen) atoms. The van der Waals surface area contributed by atoms with Crippen molar-refractivity contribution in [3.05, 3.63) is 86.6 Å². The van der Waals surface area contributed by atoms with Crippen LogP contribution in [0.4, 0.5) is 0 Å². The van der Waals surface area contributed by atoms with Crippen LogP contribution in [0.2, 0.25) is 0 Å². The second-order valence-corrected chi connectivity index (χ2v) is 8.44. The van der Waals surface area contributed by atoms with Crippen LogP contribution in [0, 0.1) is 13.8 Å². The number of ether oxygens (including phenoxy) is 2. The molecule has 0 unspecified atom stereocenters. The van der Waals surface area contributed by atoms with Gasteiger partial charge in [-0.2, -0.15) is 0 Å². The number of hydrogen-bond donors (Lipinski definition) is 0. The number of carbonyl (C=O) groups is 1. The lowest BCUT2D eigenvalue weighted by atomic mass is 10.1. The first-order valence-corrected chi connectivity index (χ1v) is 11.0. The van der Waals surface area contributed by atoms with Gasteiger partial charge in [0, 0.05) is 10.4 Å². The lowest BCUT2D eigenvalue weighted by molar-refractivity contribution is 0.105. The third-order valence-corrected chi connectivity index (χ3v) is 6.23. The van der Waals surface area contributed by atoms with E-state index in [1.54, 1.807) is 24.5 Å². The molecule has 1 heterocycles. The summed E-state index contributed by atoms with van der Waals surface area (Å²) in [6, 6.07) is 15.9. The zero-order chi connectivity index (χ0) is 21.5. The smallest absolute Gasteiger partial charge is 0.195 e. The highest BCUT2D eigenvalue weighted by atomic mass is 32.1. The molecule has 2 aromatic carbocycles. The molecule has 0 atom stereocenters. The SMILES string of the molecule is CCCc1ccc(C(=O)/C=C/c2ccc(OC)c(COc3cccc(C)c3C)c2)s1. The van der Waals surface area contributed by atoms with E-state index in [0.29, 0.717) is 6.61 Å². The summed E-state index contributed by atoms with van der Waals surface area (Å²) in [6.07, 6.45) is 5.59. The maximum atomic E-state index is 12.5. The van der Waals surface area contributed by atoms with Crippen LogP contribution in [0.25, 0.3) is 6.08 Å². The Balaban J connectivity index is 1.73.